The number of hydrogen-bond donors (Lipinski definition) is 1. The van der Waals surface area contributed by atoms with Gasteiger partial charge in [-0.1, -0.05) is 50.6 Å². The summed E-state index contributed by atoms with van der Waals surface area (Å²) in [6.07, 6.45) is 8.34. The van der Waals surface area contributed by atoms with Gasteiger partial charge in [-0.25, -0.2) is 0 Å². The van der Waals surface area contributed by atoms with E-state index in [1.807, 2.05) is 6.07 Å². The zero-order chi connectivity index (χ0) is 12.1. The second-order valence-electron chi connectivity index (χ2n) is 4.98. The molecule has 1 aliphatic carbocycles. The largest absolute Gasteiger partial charge is 0.309 e. The van der Waals surface area contributed by atoms with Gasteiger partial charge in [-0.05, 0) is 30.3 Å². The van der Waals surface area contributed by atoms with Crippen molar-refractivity contribution in [3.8, 4) is 0 Å². The molecule has 1 heterocycles. The topological polar surface area (TPSA) is 12.0 Å². The first kappa shape index (κ1) is 13.4. The maximum absolute atomic E-state index is 6.26. The van der Waals surface area contributed by atoms with E-state index in [0.29, 0.717) is 6.04 Å². The Balaban J connectivity index is 1.99. The van der Waals surface area contributed by atoms with Gasteiger partial charge in [0, 0.05) is 10.9 Å². The fraction of sp³-hybridized carbons (Fsp3) is 0.714. The van der Waals surface area contributed by atoms with E-state index < -0.39 is 0 Å². The minimum atomic E-state index is 0.468. The molecule has 1 nitrogen and oxygen atoms in total. The summed E-state index contributed by atoms with van der Waals surface area (Å²) >= 11 is 8.05. The Morgan fingerprint density at radius 1 is 1.41 bits per heavy atom. The van der Waals surface area contributed by atoms with E-state index in [-0.39, 0.29) is 0 Å². The van der Waals surface area contributed by atoms with Gasteiger partial charge in [-0.2, -0.15) is 0 Å². The van der Waals surface area contributed by atoms with E-state index >= 15 is 0 Å². The highest BCUT2D eigenvalue weighted by Gasteiger charge is 2.21. The number of nitrogens with one attached hydrogen (secondary N) is 1. The molecule has 0 radical (unpaired) electrons. The van der Waals surface area contributed by atoms with Crippen LogP contribution in [0.25, 0.3) is 0 Å². The van der Waals surface area contributed by atoms with Crippen molar-refractivity contribution in [2.45, 2.75) is 51.5 Å². The molecule has 0 spiro atoms. The molecule has 0 amide bonds. The van der Waals surface area contributed by atoms with Gasteiger partial charge in [0.15, 0.2) is 0 Å². The standard InChI is InChI=1S/C14H22ClNS/c1-2-16-13(14-12(15)8-9-17-14)10-11-6-4-3-5-7-11/h8-9,11,13,16H,2-7,10H2,1H3. The van der Waals surface area contributed by atoms with Crippen LogP contribution in [0.5, 0.6) is 0 Å². The summed E-state index contributed by atoms with van der Waals surface area (Å²) in [6, 6.07) is 2.49. The first-order valence-electron chi connectivity index (χ1n) is 6.77. The van der Waals surface area contributed by atoms with Crippen LogP contribution < -0.4 is 5.32 Å². The zero-order valence-corrected chi connectivity index (χ0v) is 12.1. The fourth-order valence-electron chi connectivity index (χ4n) is 2.84. The molecule has 1 unspecified atom stereocenters. The van der Waals surface area contributed by atoms with Gasteiger partial charge in [-0.15, -0.1) is 11.3 Å². The first-order chi connectivity index (χ1) is 8.31. The summed E-state index contributed by atoms with van der Waals surface area (Å²) in [5.74, 6) is 0.894. The van der Waals surface area contributed by atoms with Gasteiger partial charge in [0.25, 0.3) is 0 Å². The van der Waals surface area contributed by atoms with Crippen LogP contribution in [0.4, 0.5) is 0 Å². The van der Waals surface area contributed by atoms with Crippen molar-refractivity contribution < 1.29 is 0 Å². The molecule has 96 valence electrons. The molecule has 0 aromatic carbocycles. The third-order valence-electron chi connectivity index (χ3n) is 3.71. The molecule has 1 aliphatic rings. The number of rotatable bonds is 5. The minimum absolute atomic E-state index is 0.468. The summed E-state index contributed by atoms with van der Waals surface area (Å²) in [7, 11) is 0. The first-order valence-corrected chi connectivity index (χ1v) is 8.03. The molecule has 0 saturated heterocycles. The average Bonchev–Trinajstić information content (AvgIpc) is 2.76. The molecule has 17 heavy (non-hydrogen) atoms. The maximum Gasteiger partial charge on any atom is 0.0561 e. The predicted molar refractivity (Wildman–Crippen MR) is 76.9 cm³/mol. The lowest BCUT2D eigenvalue weighted by atomic mass is 9.84. The molecule has 1 N–H and O–H groups in total. The third kappa shape index (κ3) is 3.70. The van der Waals surface area contributed by atoms with Crippen LogP contribution in [0.1, 0.15) is 56.4 Å². The summed E-state index contributed by atoms with van der Waals surface area (Å²) in [6.45, 7) is 3.20. The van der Waals surface area contributed by atoms with Crippen molar-refractivity contribution >= 4 is 22.9 Å². The Kier molecular flexibility index (Phi) is 5.33. The van der Waals surface area contributed by atoms with E-state index in [9.17, 15) is 0 Å². The summed E-state index contributed by atoms with van der Waals surface area (Å²) < 4.78 is 0. The van der Waals surface area contributed by atoms with Crippen LogP contribution in [0, 0.1) is 5.92 Å². The van der Waals surface area contributed by atoms with Crippen molar-refractivity contribution in [1.82, 2.24) is 5.32 Å². The van der Waals surface area contributed by atoms with Gasteiger partial charge >= 0.3 is 0 Å². The van der Waals surface area contributed by atoms with Crippen LogP contribution >= 0.6 is 22.9 Å². The van der Waals surface area contributed by atoms with E-state index in [1.165, 1.54) is 43.4 Å². The smallest absolute Gasteiger partial charge is 0.0561 e. The van der Waals surface area contributed by atoms with E-state index in [1.54, 1.807) is 11.3 Å². The maximum atomic E-state index is 6.26. The molecule has 2 rings (SSSR count). The van der Waals surface area contributed by atoms with Crippen LogP contribution in [-0.2, 0) is 0 Å². The summed E-state index contributed by atoms with van der Waals surface area (Å²) in [5.41, 5.74) is 0. The van der Waals surface area contributed by atoms with Gasteiger partial charge in [0.05, 0.1) is 5.02 Å². The Bertz CT molecular complexity index is 331. The zero-order valence-electron chi connectivity index (χ0n) is 10.5. The summed E-state index contributed by atoms with van der Waals surface area (Å²) in [5, 5.41) is 6.64. The molecule has 1 fully saturated rings. The van der Waals surface area contributed by atoms with Crippen molar-refractivity contribution in [3.63, 3.8) is 0 Å². The van der Waals surface area contributed by atoms with E-state index in [4.69, 9.17) is 11.6 Å². The Hall–Kier alpha value is -0.0500. The minimum Gasteiger partial charge on any atom is -0.309 e. The lowest BCUT2D eigenvalue weighted by Gasteiger charge is -2.26. The lowest BCUT2D eigenvalue weighted by molar-refractivity contribution is 0.303. The SMILES string of the molecule is CCNC(CC1CCCCC1)c1sccc1Cl. The highest BCUT2D eigenvalue weighted by atomic mass is 35.5. The second-order valence-corrected chi connectivity index (χ2v) is 6.34. The highest BCUT2D eigenvalue weighted by molar-refractivity contribution is 7.10. The Morgan fingerprint density at radius 2 is 2.18 bits per heavy atom. The van der Waals surface area contributed by atoms with Gasteiger partial charge in [0.2, 0.25) is 0 Å². The third-order valence-corrected chi connectivity index (χ3v) is 5.18. The van der Waals surface area contributed by atoms with E-state index in [2.05, 4.69) is 17.6 Å². The van der Waals surface area contributed by atoms with Gasteiger partial charge in [0.1, 0.15) is 0 Å². The van der Waals surface area contributed by atoms with Crippen LogP contribution in [-0.4, -0.2) is 6.54 Å². The van der Waals surface area contributed by atoms with Crippen LogP contribution in [0.3, 0.4) is 0 Å². The van der Waals surface area contributed by atoms with Crippen molar-refractivity contribution in [1.29, 1.82) is 0 Å². The van der Waals surface area contributed by atoms with E-state index in [0.717, 1.165) is 17.5 Å². The number of thiophene rings is 1. The second kappa shape index (κ2) is 6.77. The molecule has 1 aromatic heterocycles. The van der Waals surface area contributed by atoms with Crippen LogP contribution in [0.2, 0.25) is 5.02 Å². The number of halogens is 1. The molecule has 0 bridgehead atoms. The van der Waals surface area contributed by atoms with Gasteiger partial charge < -0.3 is 5.32 Å². The average molecular weight is 272 g/mol. The molecular weight excluding hydrogens is 250 g/mol. The molecule has 0 aliphatic heterocycles. The molecule has 1 saturated carbocycles. The molecular formula is C14H22ClNS. The van der Waals surface area contributed by atoms with Crippen LogP contribution in [0.15, 0.2) is 11.4 Å². The lowest BCUT2D eigenvalue weighted by Crippen LogP contribution is -2.23. The molecule has 1 aromatic rings. The molecule has 1 atom stereocenters. The Morgan fingerprint density at radius 3 is 2.76 bits per heavy atom. The van der Waals surface area contributed by atoms with Crippen molar-refractivity contribution in [3.05, 3.63) is 21.3 Å². The Labute approximate surface area is 114 Å². The quantitative estimate of drug-likeness (QED) is 0.793. The number of hydrogen-bond acceptors (Lipinski definition) is 2. The summed E-state index contributed by atoms with van der Waals surface area (Å²) in [4.78, 5) is 1.33. The normalized spacial score (nSPS) is 19.4. The predicted octanol–water partition coefficient (Wildman–Crippen LogP) is 5.02. The van der Waals surface area contributed by atoms with Gasteiger partial charge in [-0.3, -0.25) is 0 Å². The van der Waals surface area contributed by atoms with Crippen molar-refractivity contribution in [2.75, 3.05) is 6.54 Å². The van der Waals surface area contributed by atoms with Crippen molar-refractivity contribution in [2.24, 2.45) is 5.92 Å². The fourth-order valence-corrected chi connectivity index (χ4v) is 4.12. The molecule has 3 heteroatoms. The highest BCUT2D eigenvalue weighted by Crippen LogP contribution is 2.36. The monoisotopic (exact) mass is 271 g/mol.